The van der Waals surface area contributed by atoms with Gasteiger partial charge >= 0.3 is 5.97 Å². The van der Waals surface area contributed by atoms with E-state index in [9.17, 15) is 4.79 Å². The minimum absolute atomic E-state index is 0.117. The molecule has 3 nitrogen and oxygen atoms in total. The summed E-state index contributed by atoms with van der Waals surface area (Å²) >= 11 is 6.02. The Morgan fingerprint density at radius 1 is 1.24 bits per heavy atom. The van der Waals surface area contributed by atoms with Crippen molar-refractivity contribution in [2.45, 2.75) is 19.9 Å². The number of carbonyl (C=O) groups is 1. The lowest BCUT2D eigenvalue weighted by atomic mass is 10.1. The zero-order valence-electron chi connectivity index (χ0n) is 12.3. The van der Waals surface area contributed by atoms with Crippen molar-refractivity contribution >= 4 is 23.3 Å². The van der Waals surface area contributed by atoms with Crippen LogP contribution in [-0.4, -0.2) is 13.1 Å². The smallest absolute Gasteiger partial charge is 0.337 e. The Morgan fingerprint density at radius 3 is 2.62 bits per heavy atom. The molecule has 0 saturated heterocycles. The van der Waals surface area contributed by atoms with Crippen molar-refractivity contribution in [3.63, 3.8) is 0 Å². The summed E-state index contributed by atoms with van der Waals surface area (Å²) in [4.78, 5) is 11.5. The number of halogens is 1. The van der Waals surface area contributed by atoms with E-state index in [0.717, 1.165) is 21.8 Å². The first-order chi connectivity index (χ1) is 10.0. The number of anilines is 1. The molecule has 0 fully saturated rings. The summed E-state index contributed by atoms with van der Waals surface area (Å²) in [5.74, 6) is -0.326. The number of hydrogen-bond donors (Lipinski definition) is 1. The summed E-state index contributed by atoms with van der Waals surface area (Å²) in [6.45, 7) is 4.03. The molecule has 2 rings (SSSR count). The minimum atomic E-state index is -0.326. The molecule has 0 aliphatic carbocycles. The van der Waals surface area contributed by atoms with Gasteiger partial charge in [-0.05, 0) is 55.3 Å². The molecule has 110 valence electrons. The van der Waals surface area contributed by atoms with E-state index in [1.165, 1.54) is 7.11 Å². The van der Waals surface area contributed by atoms with E-state index in [-0.39, 0.29) is 12.0 Å². The van der Waals surface area contributed by atoms with Crippen LogP contribution in [0.25, 0.3) is 0 Å². The molecule has 0 heterocycles. The lowest BCUT2D eigenvalue weighted by molar-refractivity contribution is 0.0600. The number of esters is 1. The Bertz CT molecular complexity index is 655. The van der Waals surface area contributed by atoms with Crippen LogP contribution in [0.4, 0.5) is 5.69 Å². The Hall–Kier alpha value is -2.00. The molecule has 0 aromatic heterocycles. The second-order valence-electron chi connectivity index (χ2n) is 4.94. The van der Waals surface area contributed by atoms with Crippen molar-refractivity contribution in [2.75, 3.05) is 12.4 Å². The van der Waals surface area contributed by atoms with Gasteiger partial charge in [-0.25, -0.2) is 4.79 Å². The molecule has 21 heavy (non-hydrogen) atoms. The fourth-order valence-corrected chi connectivity index (χ4v) is 2.36. The molecule has 4 heteroatoms. The molecule has 2 aromatic rings. The number of ether oxygens (including phenoxy) is 1. The highest BCUT2D eigenvalue weighted by Crippen LogP contribution is 2.24. The number of aryl methyl sites for hydroxylation is 1. The number of carbonyl (C=O) groups excluding carboxylic acids is 1. The first kappa shape index (κ1) is 15.4. The lowest BCUT2D eigenvalue weighted by Gasteiger charge is -2.18. The minimum Gasteiger partial charge on any atom is -0.465 e. The summed E-state index contributed by atoms with van der Waals surface area (Å²) in [5.41, 5.74) is 3.64. The van der Waals surface area contributed by atoms with Crippen LogP contribution in [0.2, 0.25) is 5.02 Å². The van der Waals surface area contributed by atoms with Crippen LogP contribution in [0.1, 0.15) is 34.5 Å². The Kier molecular flexibility index (Phi) is 4.86. The molecular weight excluding hydrogens is 286 g/mol. The van der Waals surface area contributed by atoms with Gasteiger partial charge in [0.15, 0.2) is 0 Å². The van der Waals surface area contributed by atoms with E-state index >= 15 is 0 Å². The molecule has 2 aromatic carbocycles. The van der Waals surface area contributed by atoms with Gasteiger partial charge in [-0.2, -0.15) is 0 Å². The summed E-state index contributed by atoms with van der Waals surface area (Å²) < 4.78 is 4.72. The maximum atomic E-state index is 11.5. The third-order valence-electron chi connectivity index (χ3n) is 3.37. The molecule has 0 radical (unpaired) electrons. The number of benzene rings is 2. The third kappa shape index (κ3) is 3.76. The molecule has 1 unspecified atom stereocenters. The molecule has 0 spiro atoms. The third-order valence-corrected chi connectivity index (χ3v) is 3.60. The maximum absolute atomic E-state index is 11.5. The summed E-state index contributed by atoms with van der Waals surface area (Å²) in [6, 6.07) is 13.3. The normalized spacial score (nSPS) is 11.8. The van der Waals surface area contributed by atoms with Crippen LogP contribution in [0.15, 0.2) is 42.5 Å². The van der Waals surface area contributed by atoms with Gasteiger partial charge in [-0.3, -0.25) is 0 Å². The van der Waals surface area contributed by atoms with Crippen molar-refractivity contribution in [1.29, 1.82) is 0 Å². The highest BCUT2D eigenvalue weighted by atomic mass is 35.5. The Morgan fingerprint density at radius 2 is 2.00 bits per heavy atom. The molecule has 0 amide bonds. The average Bonchev–Trinajstić information content (AvgIpc) is 2.48. The Balaban J connectivity index is 2.18. The van der Waals surface area contributed by atoms with Crippen molar-refractivity contribution in [3.05, 3.63) is 64.2 Å². The van der Waals surface area contributed by atoms with Crippen LogP contribution in [0.3, 0.4) is 0 Å². The van der Waals surface area contributed by atoms with Crippen LogP contribution in [-0.2, 0) is 4.74 Å². The fraction of sp³-hybridized carbons (Fsp3) is 0.235. The van der Waals surface area contributed by atoms with Gasteiger partial charge in [0.05, 0.1) is 12.7 Å². The zero-order valence-corrected chi connectivity index (χ0v) is 13.1. The van der Waals surface area contributed by atoms with Gasteiger partial charge in [-0.1, -0.05) is 23.7 Å². The van der Waals surface area contributed by atoms with Crippen molar-refractivity contribution in [3.8, 4) is 0 Å². The van der Waals surface area contributed by atoms with E-state index in [1.807, 2.05) is 43.3 Å². The lowest BCUT2D eigenvalue weighted by Crippen LogP contribution is -2.09. The van der Waals surface area contributed by atoms with Gasteiger partial charge < -0.3 is 10.1 Å². The Labute approximate surface area is 129 Å². The summed E-state index contributed by atoms with van der Waals surface area (Å²) in [5, 5.41) is 4.15. The average molecular weight is 304 g/mol. The largest absolute Gasteiger partial charge is 0.465 e. The maximum Gasteiger partial charge on any atom is 0.337 e. The monoisotopic (exact) mass is 303 g/mol. The highest BCUT2D eigenvalue weighted by Gasteiger charge is 2.10. The predicted molar refractivity (Wildman–Crippen MR) is 86.0 cm³/mol. The van der Waals surface area contributed by atoms with Gasteiger partial charge in [-0.15, -0.1) is 0 Å². The van der Waals surface area contributed by atoms with E-state index in [1.54, 1.807) is 6.07 Å². The fourth-order valence-electron chi connectivity index (χ4n) is 2.16. The van der Waals surface area contributed by atoms with Crippen LogP contribution in [0.5, 0.6) is 0 Å². The molecule has 0 saturated carbocycles. The van der Waals surface area contributed by atoms with Gasteiger partial charge in [0, 0.05) is 16.8 Å². The zero-order chi connectivity index (χ0) is 15.4. The molecule has 1 N–H and O–H groups in total. The highest BCUT2D eigenvalue weighted by molar-refractivity contribution is 6.30. The molecule has 0 bridgehead atoms. The number of hydrogen-bond acceptors (Lipinski definition) is 3. The number of rotatable bonds is 4. The topological polar surface area (TPSA) is 38.3 Å². The van der Waals surface area contributed by atoms with Gasteiger partial charge in [0.1, 0.15) is 0 Å². The van der Waals surface area contributed by atoms with E-state index in [2.05, 4.69) is 12.2 Å². The molecule has 1 atom stereocenters. The summed E-state index contributed by atoms with van der Waals surface area (Å²) in [6.07, 6.45) is 0. The quantitative estimate of drug-likeness (QED) is 0.838. The molecule has 0 aliphatic heterocycles. The van der Waals surface area contributed by atoms with Crippen molar-refractivity contribution < 1.29 is 9.53 Å². The van der Waals surface area contributed by atoms with E-state index in [4.69, 9.17) is 16.3 Å². The second-order valence-corrected chi connectivity index (χ2v) is 5.38. The predicted octanol–water partition coefficient (Wildman–Crippen LogP) is 4.61. The number of nitrogens with one attached hydrogen (secondary N) is 1. The summed E-state index contributed by atoms with van der Waals surface area (Å²) in [7, 11) is 1.38. The molecular formula is C17H18ClNO2. The second kappa shape index (κ2) is 6.64. The van der Waals surface area contributed by atoms with Gasteiger partial charge in [0.25, 0.3) is 0 Å². The first-order valence-electron chi connectivity index (χ1n) is 6.72. The van der Waals surface area contributed by atoms with Crippen molar-refractivity contribution in [1.82, 2.24) is 0 Å². The first-order valence-corrected chi connectivity index (χ1v) is 7.10. The van der Waals surface area contributed by atoms with Crippen LogP contribution < -0.4 is 5.32 Å². The SMILES string of the molecule is COC(=O)c1ccc(NC(C)c2cccc(Cl)c2)c(C)c1. The van der Waals surface area contributed by atoms with Crippen LogP contribution >= 0.6 is 11.6 Å². The standard InChI is InChI=1S/C17H18ClNO2/c1-11-9-14(17(20)21-3)7-8-16(11)19-12(2)13-5-4-6-15(18)10-13/h4-10,12,19H,1-3H3. The van der Waals surface area contributed by atoms with E-state index in [0.29, 0.717) is 5.56 Å². The van der Waals surface area contributed by atoms with Gasteiger partial charge in [0.2, 0.25) is 0 Å². The molecule has 0 aliphatic rings. The number of methoxy groups -OCH3 is 1. The van der Waals surface area contributed by atoms with Crippen LogP contribution in [0, 0.1) is 6.92 Å². The van der Waals surface area contributed by atoms with Crippen molar-refractivity contribution in [2.24, 2.45) is 0 Å². The van der Waals surface area contributed by atoms with E-state index < -0.39 is 0 Å².